The zero-order valence-corrected chi connectivity index (χ0v) is 18.5. The highest BCUT2D eigenvalue weighted by Crippen LogP contribution is 2.36. The smallest absolute Gasteiger partial charge is 0.255 e. The maximum absolute atomic E-state index is 12.5. The molecule has 1 aliphatic heterocycles. The van der Waals surface area contributed by atoms with Gasteiger partial charge in [-0.05, 0) is 54.8 Å². The third-order valence-corrected chi connectivity index (χ3v) is 7.49. The van der Waals surface area contributed by atoms with Crippen molar-refractivity contribution < 1.29 is 22.8 Å². The summed E-state index contributed by atoms with van der Waals surface area (Å²) >= 11 is 0. The number of imide groups is 1. The molecule has 1 saturated heterocycles. The maximum atomic E-state index is 12.5. The van der Waals surface area contributed by atoms with Crippen molar-refractivity contribution in [3.05, 3.63) is 59.7 Å². The molecule has 0 aromatic heterocycles. The van der Waals surface area contributed by atoms with Gasteiger partial charge >= 0.3 is 0 Å². The van der Waals surface area contributed by atoms with E-state index in [0.29, 0.717) is 24.1 Å². The summed E-state index contributed by atoms with van der Waals surface area (Å²) in [7, 11) is -0.679. The summed E-state index contributed by atoms with van der Waals surface area (Å²) in [5.41, 5.74) is 0.884. The average molecular weight is 444 g/mol. The molecule has 1 aliphatic rings. The molecule has 1 unspecified atom stereocenters. The Morgan fingerprint density at radius 3 is 2.19 bits per heavy atom. The normalized spacial score (nSPS) is 19.2. The number of nitrogens with zero attached hydrogens (tertiary/aromatic N) is 1. The van der Waals surface area contributed by atoms with E-state index in [4.69, 9.17) is 0 Å². The molecule has 1 fully saturated rings. The van der Waals surface area contributed by atoms with Crippen LogP contribution in [0.5, 0.6) is 0 Å². The maximum Gasteiger partial charge on any atom is 0.255 e. The molecule has 1 atom stereocenters. The molecular weight excluding hydrogens is 418 g/mol. The molecule has 31 heavy (non-hydrogen) atoms. The summed E-state index contributed by atoms with van der Waals surface area (Å²) in [6.07, 6.45) is 1.29. The van der Waals surface area contributed by atoms with Crippen LogP contribution in [0.15, 0.2) is 53.4 Å². The van der Waals surface area contributed by atoms with Gasteiger partial charge in [-0.25, -0.2) is 12.7 Å². The molecule has 0 bridgehead atoms. The first-order valence-electron chi connectivity index (χ1n) is 9.89. The summed E-state index contributed by atoms with van der Waals surface area (Å²) in [6, 6.07) is 12.7. The topological polar surface area (TPSA) is 113 Å². The van der Waals surface area contributed by atoms with Crippen molar-refractivity contribution in [2.24, 2.45) is 0 Å². The highest BCUT2D eigenvalue weighted by atomic mass is 32.2. The second-order valence-corrected chi connectivity index (χ2v) is 9.81. The predicted molar refractivity (Wildman–Crippen MR) is 116 cm³/mol. The van der Waals surface area contributed by atoms with E-state index in [1.165, 1.54) is 38.4 Å². The van der Waals surface area contributed by atoms with Crippen molar-refractivity contribution >= 4 is 33.4 Å². The Hall–Kier alpha value is -3.04. The van der Waals surface area contributed by atoms with Crippen molar-refractivity contribution in [1.82, 2.24) is 9.62 Å². The van der Waals surface area contributed by atoms with E-state index in [-0.39, 0.29) is 29.0 Å². The van der Waals surface area contributed by atoms with Crippen LogP contribution in [0.1, 0.15) is 42.1 Å². The van der Waals surface area contributed by atoms with Crippen LogP contribution in [0, 0.1) is 0 Å². The van der Waals surface area contributed by atoms with Crippen LogP contribution < -0.4 is 10.6 Å². The van der Waals surface area contributed by atoms with Gasteiger partial charge < -0.3 is 5.32 Å². The van der Waals surface area contributed by atoms with Crippen LogP contribution in [0.4, 0.5) is 5.69 Å². The third-order valence-electron chi connectivity index (χ3n) is 5.66. The molecule has 0 spiro atoms. The van der Waals surface area contributed by atoms with Crippen molar-refractivity contribution in [3.8, 4) is 0 Å². The number of sulfonamides is 1. The van der Waals surface area contributed by atoms with Gasteiger partial charge in [0.25, 0.3) is 5.91 Å². The standard InChI is InChI=1S/C22H25N3O5S/c1-4-22(14-13-19(26)24-21(22)28)16-7-9-17(10-8-16)23-20(27)15-5-11-18(12-6-15)31(29,30)25(2)3/h5-12H,4,13-14H2,1-3H3,(H,23,27)(H,24,26,28). The molecule has 3 amide bonds. The molecule has 164 valence electrons. The van der Waals surface area contributed by atoms with Crippen LogP contribution in [0.3, 0.4) is 0 Å². The van der Waals surface area contributed by atoms with E-state index in [2.05, 4.69) is 10.6 Å². The second-order valence-electron chi connectivity index (χ2n) is 7.66. The van der Waals surface area contributed by atoms with E-state index < -0.39 is 15.4 Å². The highest BCUT2D eigenvalue weighted by molar-refractivity contribution is 7.89. The fraction of sp³-hybridized carbons (Fsp3) is 0.318. The zero-order valence-electron chi connectivity index (χ0n) is 17.6. The number of piperidine rings is 1. The fourth-order valence-corrected chi connectivity index (χ4v) is 4.53. The van der Waals surface area contributed by atoms with Gasteiger partial charge in [0.15, 0.2) is 0 Å². The Bertz CT molecular complexity index is 1110. The molecular formula is C22H25N3O5S. The van der Waals surface area contributed by atoms with E-state index in [1.54, 1.807) is 24.3 Å². The SMILES string of the molecule is CCC1(c2ccc(NC(=O)c3ccc(S(=O)(=O)N(C)C)cc3)cc2)CCC(=O)NC1=O. The lowest BCUT2D eigenvalue weighted by Crippen LogP contribution is -2.51. The van der Waals surface area contributed by atoms with Crippen molar-refractivity contribution in [2.75, 3.05) is 19.4 Å². The van der Waals surface area contributed by atoms with Crippen molar-refractivity contribution in [2.45, 2.75) is 36.5 Å². The molecule has 0 aliphatic carbocycles. The monoisotopic (exact) mass is 443 g/mol. The highest BCUT2D eigenvalue weighted by Gasteiger charge is 2.42. The molecule has 3 rings (SSSR count). The largest absolute Gasteiger partial charge is 0.322 e. The molecule has 1 heterocycles. The van der Waals surface area contributed by atoms with E-state index >= 15 is 0 Å². The number of carbonyl (C=O) groups is 3. The fourth-order valence-electron chi connectivity index (χ4n) is 3.63. The number of benzene rings is 2. The lowest BCUT2D eigenvalue weighted by molar-refractivity contribution is -0.138. The van der Waals surface area contributed by atoms with Crippen LogP contribution in [0.2, 0.25) is 0 Å². The Kier molecular flexibility index (Phi) is 6.28. The summed E-state index contributed by atoms with van der Waals surface area (Å²) in [5, 5.41) is 5.18. The van der Waals surface area contributed by atoms with E-state index in [9.17, 15) is 22.8 Å². The van der Waals surface area contributed by atoms with Gasteiger partial charge in [0.1, 0.15) is 0 Å². The summed E-state index contributed by atoms with van der Waals surface area (Å²) in [6.45, 7) is 1.91. The summed E-state index contributed by atoms with van der Waals surface area (Å²) < 4.78 is 25.4. The lowest BCUT2D eigenvalue weighted by atomic mass is 9.72. The zero-order chi connectivity index (χ0) is 22.8. The molecule has 9 heteroatoms. The lowest BCUT2D eigenvalue weighted by Gasteiger charge is -2.35. The number of nitrogens with one attached hydrogen (secondary N) is 2. The summed E-state index contributed by atoms with van der Waals surface area (Å²) in [5.74, 6) is -0.939. The molecule has 8 nitrogen and oxygen atoms in total. The second kappa shape index (κ2) is 8.60. The van der Waals surface area contributed by atoms with Gasteiger partial charge in [-0.2, -0.15) is 0 Å². The minimum atomic E-state index is -3.56. The van der Waals surface area contributed by atoms with Gasteiger partial charge in [-0.1, -0.05) is 19.1 Å². The molecule has 2 aromatic rings. The minimum absolute atomic E-state index is 0.104. The minimum Gasteiger partial charge on any atom is -0.322 e. The van der Waals surface area contributed by atoms with E-state index in [1.807, 2.05) is 6.92 Å². The Labute approximate surface area is 181 Å². The first kappa shape index (κ1) is 22.6. The van der Waals surface area contributed by atoms with Gasteiger partial charge in [-0.3, -0.25) is 19.7 Å². The number of hydrogen-bond donors (Lipinski definition) is 2. The Morgan fingerprint density at radius 1 is 1.06 bits per heavy atom. The first-order valence-corrected chi connectivity index (χ1v) is 11.3. The van der Waals surface area contributed by atoms with Crippen molar-refractivity contribution in [3.63, 3.8) is 0 Å². The van der Waals surface area contributed by atoms with Gasteiger partial charge in [0.05, 0.1) is 10.3 Å². The van der Waals surface area contributed by atoms with Crippen LogP contribution in [0.25, 0.3) is 0 Å². The van der Waals surface area contributed by atoms with Crippen molar-refractivity contribution in [1.29, 1.82) is 0 Å². The number of anilines is 1. The van der Waals surface area contributed by atoms with Gasteiger partial charge in [0.2, 0.25) is 21.8 Å². The van der Waals surface area contributed by atoms with Crippen LogP contribution >= 0.6 is 0 Å². The molecule has 2 aromatic carbocycles. The number of carbonyl (C=O) groups excluding carboxylic acids is 3. The molecule has 0 radical (unpaired) electrons. The number of rotatable bonds is 6. The molecule has 0 saturated carbocycles. The van der Waals surface area contributed by atoms with Crippen LogP contribution in [-0.2, 0) is 25.0 Å². The number of amides is 3. The van der Waals surface area contributed by atoms with Gasteiger partial charge in [-0.15, -0.1) is 0 Å². The quantitative estimate of drug-likeness (QED) is 0.665. The van der Waals surface area contributed by atoms with E-state index in [0.717, 1.165) is 9.87 Å². The van der Waals surface area contributed by atoms with Gasteiger partial charge in [0, 0.05) is 31.8 Å². The Morgan fingerprint density at radius 2 is 1.68 bits per heavy atom. The van der Waals surface area contributed by atoms with Crippen LogP contribution in [-0.4, -0.2) is 44.5 Å². The Balaban J connectivity index is 1.75. The average Bonchev–Trinajstić information content (AvgIpc) is 2.75. The summed E-state index contributed by atoms with van der Waals surface area (Å²) in [4.78, 5) is 36.6. The molecule has 2 N–H and O–H groups in total. The first-order chi connectivity index (χ1) is 14.6. The number of hydrogen-bond acceptors (Lipinski definition) is 5. The third kappa shape index (κ3) is 4.38. The predicted octanol–water partition coefficient (Wildman–Crippen LogP) is 2.27.